The van der Waals surface area contributed by atoms with Crippen LogP contribution in [-0.2, 0) is 17.6 Å². The predicted molar refractivity (Wildman–Crippen MR) is 132 cm³/mol. The van der Waals surface area contributed by atoms with Crippen LogP contribution >= 0.6 is 12.9 Å². The number of thiol groups is 1. The van der Waals surface area contributed by atoms with Gasteiger partial charge in [-0.25, -0.2) is 4.79 Å². The maximum atomic E-state index is 10.7. The number of rotatable bonds is 7. The third kappa shape index (κ3) is 8.03. The quantitative estimate of drug-likeness (QED) is 0.211. The van der Waals surface area contributed by atoms with Crippen LogP contribution in [0.5, 0.6) is 0 Å². The molecule has 3 aromatic rings. The molecule has 0 amide bonds. The minimum atomic E-state index is -1.16. The van der Waals surface area contributed by atoms with Gasteiger partial charge in [0.25, 0.3) is 0 Å². The Hall–Kier alpha value is -2.82. The van der Waals surface area contributed by atoms with Gasteiger partial charge < -0.3 is 20.1 Å². The fourth-order valence-electron chi connectivity index (χ4n) is 3.58. The molecule has 1 atom stereocenters. The number of fused-ring (bicyclic) bond motifs is 1. The Labute approximate surface area is 194 Å². The fraction of sp³-hybridized carbons (Fsp3) is 0.269. The highest BCUT2D eigenvalue weighted by atomic mass is 32.1. The number of aliphatic hydroxyl groups excluding tert-OH is 1. The Morgan fingerprint density at radius 2 is 1.69 bits per heavy atom. The molecule has 168 valence electrons. The summed E-state index contributed by atoms with van der Waals surface area (Å²) < 4.78 is 6.69. The van der Waals surface area contributed by atoms with Crippen molar-refractivity contribution in [3.8, 4) is 11.8 Å². The van der Waals surface area contributed by atoms with Gasteiger partial charge in [0.2, 0.25) is 0 Å². The average Bonchev–Trinajstić information content (AvgIpc) is 2.78. The van der Waals surface area contributed by atoms with Crippen molar-refractivity contribution in [1.29, 1.82) is 0 Å². The summed E-state index contributed by atoms with van der Waals surface area (Å²) in [7, 11) is 0. The van der Waals surface area contributed by atoms with Crippen LogP contribution in [0, 0.1) is 11.8 Å². The molecule has 32 heavy (non-hydrogen) atoms. The second-order valence-electron chi connectivity index (χ2n) is 8.19. The number of hydrogen-bond donors (Lipinski definition) is 5. The van der Waals surface area contributed by atoms with Crippen molar-refractivity contribution < 1.29 is 19.6 Å². The second kappa shape index (κ2) is 12.3. The number of carboxylic acids is 1. The molecule has 0 aromatic heterocycles. The van der Waals surface area contributed by atoms with Crippen LogP contribution in [0.2, 0.25) is 0 Å². The molecule has 0 spiro atoms. The van der Waals surface area contributed by atoms with Crippen molar-refractivity contribution in [2.45, 2.75) is 38.3 Å². The van der Waals surface area contributed by atoms with Gasteiger partial charge in [-0.3, -0.25) is 0 Å². The zero-order chi connectivity index (χ0) is 23.6. The Kier molecular flexibility index (Phi) is 9.76. The highest BCUT2D eigenvalue weighted by molar-refractivity contribution is 7.74. The molecule has 0 heterocycles. The van der Waals surface area contributed by atoms with Gasteiger partial charge >= 0.3 is 5.97 Å². The minimum Gasteiger partial charge on any atom is -0.472 e. The molecule has 0 aliphatic carbocycles. The summed E-state index contributed by atoms with van der Waals surface area (Å²) in [4.78, 5) is 10.7. The molecule has 6 heteroatoms. The normalized spacial score (nSPS) is 11.7. The number of carbonyl (C=O) groups is 1. The molecular weight excluding hydrogens is 422 g/mol. The number of hydrogen-bond acceptors (Lipinski definition) is 5. The van der Waals surface area contributed by atoms with E-state index in [4.69, 9.17) is 9.66 Å². The zero-order valence-corrected chi connectivity index (χ0v) is 19.1. The van der Waals surface area contributed by atoms with E-state index in [0.29, 0.717) is 18.5 Å². The van der Waals surface area contributed by atoms with Crippen molar-refractivity contribution in [2.24, 2.45) is 0 Å². The first-order valence-corrected chi connectivity index (χ1v) is 10.7. The van der Waals surface area contributed by atoms with E-state index in [1.165, 1.54) is 16.3 Å². The van der Waals surface area contributed by atoms with Crippen molar-refractivity contribution in [1.82, 2.24) is 5.32 Å². The Morgan fingerprint density at radius 3 is 2.41 bits per heavy atom. The third-order valence-electron chi connectivity index (χ3n) is 5.05. The molecule has 0 saturated heterocycles. The number of β-amino-alcohol motifs (C(OH)–C–C–N with tert-alkyl or cyclic N) is 1. The number of benzene rings is 3. The zero-order valence-electron chi connectivity index (χ0n) is 18.2. The topological polar surface area (TPSA) is 89.8 Å². The van der Waals surface area contributed by atoms with E-state index in [2.05, 4.69) is 74.2 Å². The standard InChI is InChI=1S/C26H27NO3.H2OS/c1-26(2,17-19-11-12-20-7-3-5-9-22(20)15-19)27-18-24(28)16-23-10-6-4-8-21(23)13-14-25(29)30;1-2/h3-12,15,24,27-28H,16-18H2,1-2H3,(H,29,30);1-2H. The monoisotopic (exact) mass is 451 g/mol. The molecule has 0 aliphatic rings. The van der Waals surface area contributed by atoms with Crippen LogP contribution < -0.4 is 5.32 Å². The van der Waals surface area contributed by atoms with Crippen molar-refractivity contribution >= 4 is 29.7 Å². The minimum absolute atomic E-state index is 0.188. The van der Waals surface area contributed by atoms with Gasteiger partial charge in [0.05, 0.1) is 6.10 Å². The molecule has 0 saturated carbocycles. The van der Waals surface area contributed by atoms with E-state index >= 15 is 0 Å². The van der Waals surface area contributed by atoms with Crippen molar-refractivity contribution in [3.63, 3.8) is 0 Å². The Morgan fingerprint density at radius 1 is 1.03 bits per heavy atom. The molecule has 0 radical (unpaired) electrons. The second-order valence-corrected chi connectivity index (χ2v) is 8.19. The predicted octanol–water partition coefficient (Wildman–Crippen LogP) is 4.18. The molecule has 0 aliphatic heterocycles. The molecule has 4 N–H and O–H groups in total. The lowest BCUT2D eigenvalue weighted by atomic mass is 9.93. The summed E-state index contributed by atoms with van der Waals surface area (Å²) in [5.41, 5.74) is 2.53. The smallest absolute Gasteiger partial charge is 0.382 e. The van der Waals surface area contributed by atoms with Crippen LogP contribution in [0.4, 0.5) is 0 Å². The van der Waals surface area contributed by atoms with Gasteiger partial charge in [-0.1, -0.05) is 66.6 Å². The fourth-order valence-corrected chi connectivity index (χ4v) is 3.58. The SMILES string of the molecule is CC(C)(Cc1ccc2ccccc2c1)NCC(O)Cc1ccccc1C#CC(=O)O.OS. The van der Waals surface area contributed by atoms with Crippen LogP contribution in [0.15, 0.2) is 66.7 Å². The van der Waals surface area contributed by atoms with Crippen LogP contribution in [0.1, 0.15) is 30.5 Å². The maximum Gasteiger partial charge on any atom is 0.382 e. The molecule has 3 aromatic carbocycles. The lowest BCUT2D eigenvalue weighted by molar-refractivity contribution is -0.130. The van der Waals surface area contributed by atoms with E-state index in [1.54, 1.807) is 6.07 Å². The van der Waals surface area contributed by atoms with Gasteiger partial charge in [-0.15, -0.1) is 0 Å². The van der Waals surface area contributed by atoms with Gasteiger partial charge in [-0.05, 0) is 61.1 Å². The summed E-state index contributed by atoms with van der Waals surface area (Å²) in [6, 6.07) is 22.1. The van der Waals surface area contributed by atoms with E-state index < -0.39 is 12.1 Å². The van der Waals surface area contributed by atoms with Crippen LogP contribution in [0.25, 0.3) is 10.8 Å². The lowest BCUT2D eigenvalue weighted by Gasteiger charge is -2.28. The number of aliphatic hydroxyl groups is 1. The molecule has 5 nitrogen and oxygen atoms in total. The van der Waals surface area contributed by atoms with E-state index in [9.17, 15) is 9.90 Å². The molecule has 3 rings (SSSR count). The first kappa shape index (κ1) is 25.4. The third-order valence-corrected chi connectivity index (χ3v) is 5.05. The first-order valence-electron chi connectivity index (χ1n) is 10.3. The average molecular weight is 452 g/mol. The summed E-state index contributed by atoms with van der Waals surface area (Å²) in [5, 5.41) is 25.2. The number of carboxylic acid groups (broad SMARTS) is 1. The summed E-state index contributed by atoms with van der Waals surface area (Å²) in [5.74, 6) is 3.63. The van der Waals surface area contributed by atoms with Crippen LogP contribution in [0.3, 0.4) is 0 Å². The summed E-state index contributed by atoms with van der Waals surface area (Å²) >= 11 is 2.53. The summed E-state index contributed by atoms with van der Waals surface area (Å²) in [6.07, 6.45) is 0.642. The highest BCUT2D eigenvalue weighted by Gasteiger charge is 2.20. The number of nitrogens with one attached hydrogen (secondary N) is 1. The molecular formula is C26H29NO4S. The molecule has 0 bridgehead atoms. The van der Waals surface area contributed by atoms with Gasteiger partial charge in [0.15, 0.2) is 0 Å². The largest absolute Gasteiger partial charge is 0.472 e. The van der Waals surface area contributed by atoms with E-state index in [-0.39, 0.29) is 5.54 Å². The van der Waals surface area contributed by atoms with E-state index in [1.807, 2.05) is 30.3 Å². The van der Waals surface area contributed by atoms with E-state index in [0.717, 1.165) is 12.0 Å². The summed E-state index contributed by atoms with van der Waals surface area (Å²) in [6.45, 7) is 4.68. The van der Waals surface area contributed by atoms with Crippen LogP contribution in [-0.4, -0.2) is 38.9 Å². The molecule has 1 unspecified atom stereocenters. The van der Waals surface area contributed by atoms with Gasteiger partial charge in [0, 0.05) is 30.0 Å². The lowest BCUT2D eigenvalue weighted by Crippen LogP contribution is -2.45. The molecule has 0 fully saturated rings. The maximum absolute atomic E-state index is 10.7. The van der Waals surface area contributed by atoms with Gasteiger partial charge in [0.1, 0.15) is 0 Å². The first-order chi connectivity index (χ1) is 15.3. The van der Waals surface area contributed by atoms with Gasteiger partial charge in [-0.2, -0.15) is 0 Å². The van der Waals surface area contributed by atoms with Crippen molar-refractivity contribution in [3.05, 3.63) is 83.4 Å². The van der Waals surface area contributed by atoms with Crippen molar-refractivity contribution in [2.75, 3.05) is 6.54 Å². The Balaban J connectivity index is 0.00000176. The highest BCUT2D eigenvalue weighted by Crippen LogP contribution is 2.20. The Bertz CT molecular complexity index is 1100. The number of aliphatic carboxylic acids is 1.